The van der Waals surface area contributed by atoms with Crippen molar-refractivity contribution in [2.24, 2.45) is 0 Å². The summed E-state index contributed by atoms with van der Waals surface area (Å²) in [5, 5.41) is 2.80. The summed E-state index contributed by atoms with van der Waals surface area (Å²) in [6.45, 7) is 0.375. The third-order valence-corrected chi connectivity index (χ3v) is 3.25. The lowest BCUT2D eigenvalue weighted by molar-refractivity contribution is 0.0600. The fourth-order valence-electron chi connectivity index (χ4n) is 1.70. The number of nitrogens with zero attached hydrogens (tertiary/aromatic N) is 1. The van der Waals surface area contributed by atoms with Gasteiger partial charge in [0, 0.05) is 18.3 Å². The van der Waals surface area contributed by atoms with E-state index in [2.05, 4.69) is 31.0 Å². The third-order valence-electron chi connectivity index (χ3n) is 2.82. The van der Waals surface area contributed by atoms with E-state index in [9.17, 15) is 9.59 Å². The predicted octanol–water partition coefficient (Wildman–Crippen LogP) is 2.56. The Morgan fingerprint density at radius 3 is 2.52 bits per heavy atom. The van der Waals surface area contributed by atoms with Gasteiger partial charge in [0.1, 0.15) is 4.60 Å². The number of esters is 1. The molecule has 2 rings (SSSR count). The van der Waals surface area contributed by atoms with Crippen LogP contribution < -0.4 is 5.32 Å². The summed E-state index contributed by atoms with van der Waals surface area (Å²) in [6.07, 6.45) is 1.56. The summed E-state index contributed by atoms with van der Waals surface area (Å²) >= 11 is 3.22. The van der Waals surface area contributed by atoms with Crippen molar-refractivity contribution in [3.05, 3.63) is 63.9 Å². The Balaban J connectivity index is 1.97. The first-order valence-electron chi connectivity index (χ1n) is 6.17. The molecule has 21 heavy (non-hydrogen) atoms. The molecular formula is C15H13BrN2O3. The zero-order valence-electron chi connectivity index (χ0n) is 11.3. The van der Waals surface area contributed by atoms with E-state index in [-0.39, 0.29) is 11.9 Å². The number of hydrogen-bond acceptors (Lipinski definition) is 4. The lowest BCUT2D eigenvalue weighted by atomic mass is 10.1. The first-order chi connectivity index (χ1) is 10.1. The average molecular weight is 349 g/mol. The lowest BCUT2D eigenvalue weighted by Crippen LogP contribution is -2.22. The van der Waals surface area contributed by atoms with Crippen molar-refractivity contribution < 1.29 is 14.3 Å². The van der Waals surface area contributed by atoms with Gasteiger partial charge in [-0.1, -0.05) is 12.1 Å². The van der Waals surface area contributed by atoms with E-state index in [1.165, 1.54) is 7.11 Å². The molecule has 0 bridgehead atoms. The first kappa shape index (κ1) is 15.2. The van der Waals surface area contributed by atoms with Crippen LogP contribution in [-0.2, 0) is 11.3 Å². The van der Waals surface area contributed by atoms with Crippen LogP contribution in [-0.4, -0.2) is 24.0 Å². The van der Waals surface area contributed by atoms with Crippen LogP contribution in [0.15, 0.2) is 47.2 Å². The molecule has 1 amide bonds. The number of benzene rings is 1. The van der Waals surface area contributed by atoms with Crippen LogP contribution in [0.1, 0.15) is 26.3 Å². The number of halogens is 1. The zero-order valence-corrected chi connectivity index (χ0v) is 12.9. The van der Waals surface area contributed by atoms with E-state index in [0.29, 0.717) is 22.3 Å². The van der Waals surface area contributed by atoms with Crippen molar-refractivity contribution in [3.63, 3.8) is 0 Å². The van der Waals surface area contributed by atoms with E-state index in [0.717, 1.165) is 5.56 Å². The summed E-state index contributed by atoms with van der Waals surface area (Å²) < 4.78 is 5.23. The molecule has 0 saturated heterocycles. The lowest BCUT2D eigenvalue weighted by Gasteiger charge is -2.06. The van der Waals surface area contributed by atoms with Gasteiger partial charge in [0.25, 0.3) is 5.91 Å². The molecule has 0 unspecified atom stereocenters. The fourth-order valence-corrected chi connectivity index (χ4v) is 2.07. The predicted molar refractivity (Wildman–Crippen MR) is 80.9 cm³/mol. The second kappa shape index (κ2) is 6.99. The Labute approximate surface area is 130 Å². The van der Waals surface area contributed by atoms with Gasteiger partial charge in [-0.25, -0.2) is 9.78 Å². The maximum atomic E-state index is 12.0. The topological polar surface area (TPSA) is 68.3 Å². The summed E-state index contributed by atoms with van der Waals surface area (Å²) in [4.78, 5) is 27.2. The smallest absolute Gasteiger partial charge is 0.337 e. The van der Waals surface area contributed by atoms with Crippen LogP contribution in [0.25, 0.3) is 0 Å². The summed E-state index contributed by atoms with van der Waals surface area (Å²) in [5.41, 5.74) is 1.90. The number of carbonyl (C=O) groups excluding carboxylic acids is 2. The number of aromatic nitrogens is 1. The number of nitrogens with one attached hydrogen (secondary N) is 1. The average Bonchev–Trinajstić information content (AvgIpc) is 2.52. The van der Waals surface area contributed by atoms with E-state index >= 15 is 0 Å². The molecule has 0 aliphatic carbocycles. The Kier molecular flexibility index (Phi) is 5.05. The van der Waals surface area contributed by atoms with Crippen LogP contribution in [0.4, 0.5) is 0 Å². The van der Waals surface area contributed by atoms with Gasteiger partial charge in [0.15, 0.2) is 0 Å². The van der Waals surface area contributed by atoms with E-state index in [1.54, 1.807) is 42.6 Å². The molecule has 0 saturated carbocycles. The van der Waals surface area contributed by atoms with Gasteiger partial charge in [-0.05, 0) is 45.8 Å². The minimum Gasteiger partial charge on any atom is -0.465 e. The normalized spacial score (nSPS) is 10.0. The molecule has 0 spiro atoms. The van der Waals surface area contributed by atoms with Crippen LogP contribution in [0.5, 0.6) is 0 Å². The Bertz CT molecular complexity index is 656. The third kappa shape index (κ3) is 4.13. The second-order valence-electron chi connectivity index (χ2n) is 4.24. The van der Waals surface area contributed by atoms with Crippen molar-refractivity contribution in [1.29, 1.82) is 0 Å². The van der Waals surface area contributed by atoms with Crippen molar-refractivity contribution >= 4 is 27.8 Å². The van der Waals surface area contributed by atoms with Crippen LogP contribution >= 0.6 is 15.9 Å². The molecule has 108 valence electrons. The van der Waals surface area contributed by atoms with Gasteiger partial charge in [0.05, 0.1) is 12.7 Å². The molecular weight excluding hydrogens is 336 g/mol. The highest BCUT2D eigenvalue weighted by Crippen LogP contribution is 2.09. The van der Waals surface area contributed by atoms with E-state index < -0.39 is 0 Å². The van der Waals surface area contributed by atoms with Gasteiger partial charge in [-0.3, -0.25) is 4.79 Å². The van der Waals surface area contributed by atoms with Gasteiger partial charge in [-0.15, -0.1) is 0 Å². The Morgan fingerprint density at radius 2 is 1.90 bits per heavy atom. The molecule has 6 heteroatoms. The van der Waals surface area contributed by atoms with Crippen LogP contribution in [0.3, 0.4) is 0 Å². The Hall–Kier alpha value is -2.21. The standard InChI is InChI=1S/C15H13BrN2O3/c1-21-15(20)11-4-2-10(3-5-11)9-18-14(19)12-6-7-17-13(16)8-12/h2-8H,9H2,1H3,(H,18,19). The summed E-state index contributed by atoms with van der Waals surface area (Å²) in [7, 11) is 1.34. The highest BCUT2D eigenvalue weighted by molar-refractivity contribution is 9.10. The largest absolute Gasteiger partial charge is 0.465 e. The minimum absolute atomic E-state index is 0.185. The van der Waals surface area contributed by atoms with Gasteiger partial charge in [-0.2, -0.15) is 0 Å². The number of amides is 1. The minimum atomic E-state index is -0.382. The maximum absolute atomic E-state index is 12.0. The monoisotopic (exact) mass is 348 g/mol. The van der Waals surface area contributed by atoms with Gasteiger partial charge in [0.2, 0.25) is 0 Å². The molecule has 0 fully saturated rings. The summed E-state index contributed by atoms with van der Waals surface area (Å²) in [5.74, 6) is -0.567. The number of pyridine rings is 1. The molecule has 2 aromatic rings. The number of rotatable bonds is 4. The second-order valence-corrected chi connectivity index (χ2v) is 5.05. The first-order valence-corrected chi connectivity index (χ1v) is 6.96. The molecule has 0 aliphatic rings. The highest BCUT2D eigenvalue weighted by Gasteiger charge is 2.07. The quantitative estimate of drug-likeness (QED) is 0.681. The fraction of sp³-hybridized carbons (Fsp3) is 0.133. The number of hydrogen-bond donors (Lipinski definition) is 1. The molecule has 1 aromatic heterocycles. The molecule has 5 nitrogen and oxygen atoms in total. The van der Waals surface area contributed by atoms with Gasteiger partial charge < -0.3 is 10.1 Å². The number of carbonyl (C=O) groups is 2. The molecule has 0 atom stereocenters. The molecule has 0 radical (unpaired) electrons. The van der Waals surface area contributed by atoms with Crippen LogP contribution in [0.2, 0.25) is 0 Å². The molecule has 1 aromatic carbocycles. The molecule has 0 aliphatic heterocycles. The number of ether oxygens (including phenoxy) is 1. The van der Waals surface area contributed by atoms with Crippen molar-refractivity contribution in [2.75, 3.05) is 7.11 Å². The summed E-state index contributed by atoms with van der Waals surface area (Å²) in [6, 6.07) is 10.2. The van der Waals surface area contributed by atoms with Crippen molar-refractivity contribution in [3.8, 4) is 0 Å². The zero-order chi connectivity index (χ0) is 15.2. The Morgan fingerprint density at radius 1 is 1.19 bits per heavy atom. The van der Waals surface area contributed by atoms with Gasteiger partial charge >= 0.3 is 5.97 Å². The van der Waals surface area contributed by atoms with E-state index in [4.69, 9.17) is 0 Å². The maximum Gasteiger partial charge on any atom is 0.337 e. The van der Waals surface area contributed by atoms with E-state index in [1.807, 2.05) is 0 Å². The molecule has 1 N–H and O–H groups in total. The van der Waals surface area contributed by atoms with Crippen molar-refractivity contribution in [1.82, 2.24) is 10.3 Å². The highest BCUT2D eigenvalue weighted by atomic mass is 79.9. The molecule has 1 heterocycles. The SMILES string of the molecule is COC(=O)c1ccc(CNC(=O)c2ccnc(Br)c2)cc1. The van der Waals surface area contributed by atoms with Crippen LogP contribution in [0, 0.1) is 0 Å². The number of methoxy groups -OCH3 is 1. The van der Waals surface area contributed by atoms with Crippen molar-refractivity contribution in [2.45, 2.75) is 6.54 Å².